The molecule has 2 unspecified atom stereocenters. The normalized spacial score (nSPS) is 29.7. The molecule has 0 amide bonds. The van der Waals surface area contributed by atoms with Gasteiger partial charge in [-0.2, -0.15) is 0 Å². The second kappa shape index (κ2) is 5.18. The number of fused-ring (bicyclic) bond motifs is 3. The van der Waals surface area contributed by atoms with E-state index in [0.29, 0.717) is 11.1 Å². The molecule has 0 saturated heterocycles. The predicted octanol–water partition coefficient (Wildman–Crippen LogP) is 4.92. The van der Waals surface area contributed by atoms with Gasteiger partial charge in [-0.05, 0) is 62.9 Å². The molecule has 1 aromatic carbocycles. The van der Waals surface area contributed by atoms with Crippen molar-refractivity contribution >= 4 is 17.3 Å². The Labute approximate surface area is 152 Å². The van der Waals surface area contributed by atoms with Crippen LogP contribution in [0.4, 0.5) is 10.1 Å². The van der Waals surface area contributed by atoms with E-state index in [-0.39, 0.29) is 11.0 Å². The van der Waals surface area contributed by atoms with Crippen molar-refractivity contribution in [3.05, 3.63) is 47.0 Å². The number of nitrogens with zero attached hydrogens (tertiary/aromatic N) is 1. The maximum atomic E-state index is 14.9. The van der Waals surface area contributed by atoms with Gasteiger partial charge >= 0.3 is 0 Å². The van der Waals surface area contributed by atoms with E-state index in [1.165, 1.54) is 6.07 Å². The number of pyridine rings is 1. The molecule has 2 atom stereocenters. The zero-order chi connectivity index (χ0) is 18.0. The number of benzene rings is 1. The highest BCUT2D eigenvalue weighted by Crippen LogP contribution is 2.59. The summed E-state index contributed by atoms with van der Waals surface area (Å²) in [6, 6.07) is 6.88. The van der Waals surface area contributed by atoms with Crippen LogP contribution in [0.3, 0.4) is 0 Å². The number of rotatable bonds is 1. The maximum absolute atomic E-state index is 14.9. The maximum Gasteiger partial charge on any atom is 0.136 e. The van der Waals surface area contributed by atoms with E-state index < -0.39 is 16.6 Å². The van der Waals surface area contributed by atoms with Gasteiger partial charge in [-0.15, -0.1) is 0 Å². The van der Waals surface area contributed by atoms with E-state index in [1.807, 2.05) is 19.9 Å². The highest BCUT2D eigenvalue weighted by atomic mass is 35.5. The Kier molecular flexibility index (Phi) is 3.48. The molecule has 2 aliphatic rings. The first-order valence-corrected chi connectivity index (χ1v) is 9.03. The summed E-state index contributed by atoms with van der Waals surface area (Å²) in [5, 5.41) is 15.2. The van der Waals surface area contributed by atoms with Crippen molar-refractivity contribution in [1.29, 1.82) is 0 Å². The van der Waals surface area contributed by atoms with Crippen molar-refractivity contribution in [3.8, 4) is 11.1 Å². The van der Waals surface area contributed by atoms with E-state index in [9.17, 15) is 9.50 Å². The van der Waals surface area contributed by atoms with Crippen molar-refractivity contribution in [2.24, 2.45) is 0 Å². The highest BCUT2D eigenvalue weighted by Gasteiger charge is 2.62. The Bertz CT molecular complexity index is 869. The largest absolute Gasteiger partial charge is 0.387 e. The third kappa shape index (κ3) is 2.10. The Balaban J connectivity index is 1.97. The lowest BCUT2D eigenvalue weighted by atomic mass is 9.60. The number of hydrogen-bond acceptors (Lipinski definition) is 3. The molecule has 2 heterocycles. The summed E-state index contributed by atoms with van der Waals surface area (Å²) in [5.41, 5.74) is 0.831. The van der Waals surface area contributed by atoms with Crippen LogP contribution in [-0.2, 0) is 5.41 Å². The van der Waals surface area contributed by atoms with Crippen LogP contribution in [0.2, 0.25) is 5.15 Å². The monoisotopic (exact) mass is 360 g/mol. The number of nitrogens with one attached hydrogen (secondary N) is 1. The molecule has 1 aromatic heterocycles. The molecule has 1 aliphatic heterocycles. The lowest BCUT2D eigenvalue weighted by Crippen LogP contribution is -2.65. The number of hydrogen-bond donors (Lipinski definition) is 2. The zero-order valence-electron chi connectivity index (χ0n) is 14.7. The van der Waals surface area contributed by atoms with Gasteiger partial charge in [0.1, 0.15) is 11.0 Å². The van der Waals surface area contributed by atoms with Crippen molar-refractivity contribution in [2.75, 3.05) is 5.32 Å². The fourth-order valence-electron chi connectivity index (χ4n) is 4.91. The van der Waals surface area contributed by atoms with Gasteiger partial charge in [-0.3, -0.25) is 0 Å². The summed E-state index contributed by atoms with van der Waals surface area (Å²) in [6.45, 7) is 6.07. The van der Waals surface area contributed by atoms with Gasteiger partial charge in [0, 0.05) is 28.4 Å². The molecular weight excluding hydrogens is 339 g/mol. The Morgan fingerprint density at radius 2 is 1.96 bits per heavy atom. The Morgan fingerprint density at radius 1 is 1.20 bits per heavy atom. The third-order valence-electron chi connectivity index (χ3n) is 6.36. The van der Waals surface area contributed by atoms with Gasteiger partial charge in [0.15, 0.2) is 0 Å². The van der Waals surface area contributed by atoms with Crippen molar-refractivity contribution in [3.63, 3.8) is 0 Å². The van der Waals surface area contributed by atoms with E-state index in [0.717, 1.165) is 30.5 Å². The van der Waals surface area contributed by atoms with Crippen molar-refractivity contribution in [2.45, 2.75) is 56.6 Å². The number of aromatic nitrogens is 1. The van der Waals surface area contributed by atoms with Crippen LogP contribution in [0.15, 0.2) is 30.5 Å². The van der Waals surface area contributed by atoms with E-state index in [1.54, 1.807) is 18.3 Å². The van der Waals surface area contributed by atoms with Crippen LogP contribution < -0.4 is 5.32 Å². The van der Waals surface area contributed by atoms with Gasteiger partial charge < -0.3 is 10.4 Å². The van der Waals surface area contributed by atoms with Gasteiger partial charge in [0.2, 0.25) is 0 Å². The molecule has 2 N–H and O–H groups in total. The topological polar surface area (TPSA) is 45.2 Å². The van der Waals surface area contributed by atoms with Crippen LogP contribution in [0.25, 0.3) is 11.1 Å². The van der Waals surface area contributed by atoms with Crippen LogP contribution in [0, 0.1) is 5.82 Å². The Morgan fingerprint density at radius 3 is 2.68 bits per heavy atom. The van der Waals surface area contributed by atoms with Gasteiger partial charge in [0.25, 0.3) is 0 Å². The lowest BCUT2D eigenvalue weighted by molar-refractivity contribution is -0.0628. The Hall–Kier alpha value is -1.65. The number of aliphatic hydroxyl groups is 1. The van der Waals surface area contributed by atoms with Gasteiger partial charge in [-0.1, -0.05) is 18.5 Å². The summed E-state index contributed by atoms with van der Waals surface area (Å²) >= 11 is 6.19. The fraction of sp³-hybridized carbons (Fsp3) is 0.450. The van der Waals surface area contributed by atoms with Crippen LogP contribution in [0.1, 0.15) is 45.6 Å². The molecule has 1 aliphatic carbocycles. The molecule has 5 heteroatoms. The lowest BCUT2D eigenvalue weighted by Gasteiger charge is -2.55. The summed E-state index contributed by atoms with van der Waals surface area (Å²) in [7, 11) is 0. The standard InChI is InChI=1S/C20H22ClFN2O/c1-18(2)20(25)8-5-7-19(20,3)14-10-13(15(22)11-16(14)24-18)12-6-4-9-23-17(12)21/h4,6,9-11,24-25H,5,7-8H2,1-3H3. The fourth-order valence-corrected chi connectivity index (χ4v) is 5.13. The minimum Gasteiger partial charge on any atom is -0.387 e. The minimum absolute atomic E-state index is 0.275. The molecule has 4 rings (SSSR count). The van der Waals surface area contributed by atoms with Crippen molar-refractivity contribution in [1.82, 2.24) is 4.98 Å². The van der Waals surface area contributed by atoms with E-state index >= 15 is 0 Å². The van der Waals surface area contributed by atoms with Crippen LogP contribution >= 0.6 is 11.6 Å². The third-order valence-corrected chi connectivity index (χ3v) is 6.66. The van der Waals surface area contributed by atoms with E-state index in [2.05, 4.69) is 17.2 Å². The average Bonchev–Trinajstić information content (AvgIpc) is 2.86. The summed E-state index contributed by atoms with van der Waals surface area (Å²) in [5.74, 6) is -0.344. The first kappa shape index (κ1) is 16.8. The second-order valence-electron chi connectivity index (χ2n) is 8.02. The SMILES string of the molecule is CC1(C)Nc2cc(F)c(-c3cccnc3Cl)cc2C2(C)CCCC12O. The quantitative estimate of drug-likeness (QED) is 0.709. The molecule has 2 aromatic rings. The molecule has 0 radical (unpaired) electrons. The molecule has 3 nitrogen and oxygen atoms in total. The van der Waals surface area contributed by atoms with Crippen LogP contribution in [-0.4, -0.2) is 21.2 Å². The minimum atomic E-state index is -0.888. The molecule has 25 heavy (non-hydrogen) atoms. The first-order chi connectivity index (χ1) is 11.7. The van der Waals surface area contributed by atoms with Crippen molar-refractivity contribution < 1.29 is 9.50 Å². The van der Waals surface area contributed by atoms with Crippen LogP contribution in [0.5, 0.6) is 0 Å². The predicted molar refractivity (Wildman–Crippen MR) is 98.5 cm³/mol. The first-order valence-electron chi connectivity index (χ1n) is 8.65. The van der Waals surface area contributed by atoms with Gasteiger partial charge in [0.05, 0.1) is 11.1 Å². The smallest absolute Gasteiger partial charge is 0.136 e. The summed E-state index contributed by atoms with van der Waals surface area (Å²) in [6.07, 6.45) is 4.12. The second-order valence-corrected chi connectivity index (χ2v) is 8.37. The molecule has 1 saturated carbocycles. The summed E-state index contributed by atoms with van der Waals surface area (Å²) < 4.78 is 14.9. The number of anilines is 1. The van der Waals surface area contributed by atoms with Gasteiger partial charge in [-0.25, -0.2) is 9.37 Å². The molecule has 0 bridgehead atoms. The summed E-state index contributed by atoms with van der Waals surface area (Å²) in [4.78, 5) is 4.06. The molecular formula is C20H22ClFN2O. The molecule has 132 valence electrons. The number of halogens is 2. The molecule has 0 spiro atoms. The van der Waals surface area contributed by atoms with E-state index in [4.69, 9.17) is 11.6 Å². The average molecular weight is 361 g/mol. The highest BCUT2D eigenvalue weighted by molar-refractivity contribution is 6.32. The molecule has 1 fully saturated rings. The zero-order valence-corrected chi connectivity index (χ0v) is 15.4.